The molecule has 6 nitrogen and oxygen atoms in total. The second-order valence-electron chi connectivity index (χ2n) is 9.03. The van der Waals surface area contributed by atoms with E-state index in [-0.39, 0.29) is 12.2 Å². The van der Waals surface area contributed by atoms with Crippen LogP contribution in [0.15, 0.2) is 47.7 Å². The first kappa shape index (κ1) is 21.9. The van der Waals surface area contributed by atoms with E-state index in [1.807, 2.05) is 62.9 Å². The van der Waals surface area contributed by atoms with Crippen molar-refractivity contribution in [3.63, 3.8) is 0 Å². The molecule has 1 aliphatic heterocycles. The average Bonchev–Trinajstić information content (AvgIpc) is 3.23. The Morgan fingerprint density at radius 1 is 1.23 bits per heavy atom. The normalized spacial score (nSPS) is 24.6. The van der Waals surface area contributed by atoms with E-state index < -0.39 is 5.60 Å². The van der Waals surface area contributed by atoms with Crippen molar-refractivity contribution >= 4 is 17.9 Å². The molecular formula is C24H33N3O3. The fourth-order valence-electron chi connectivity index (χ4n) is 4.18. The number of benzene rings is 1. The van der Waals surface area contributed by atoms with E-state index in [0.29, 0.717) is 11.8 Å². The SMILES string of the molecule is C/C=C/N=C\C(=C/N)c1cccc(OC2CC3CN(C(=O)OC(C)(C)C)CC3C2)c1. The molecule has 30 heavy (non-hydrogen) atoms. The van der Waals surface area contributed by atoms with Gasteiger partial charge in [-0.05, 0) is 70.1 Å². The highest BCUT2D eigenvalue weighted by Crippen LogP contribution is 2.40. The zero-order valence-corrected chi connectivity index (χ0v) is 18.4. The number of carbonyl (C=O) groups is 1. The molecule has 1 aliphatic carbocycles. The summed E-state index contributed by atoms with van der Waals surface area (Å²) in [5, 5.41) is 0. The van der Waals surface area contributed by atoms with Gasteiger partial charge >= 0.3 is 6.09 Å². The van der Waals surface area contributed by atoms with Crippen LogP contribution < -0.4 is 10.5 Å². The molecule has 0 aromatic heterocycles. The van der Waals surface area contributed by atoms with Crippen molar-refractivity contribution < 1.29 is 14.3 Å². The molecule has 2 unspecified atom stereocenters. The van der Waals surface area contributed by atoms with E-state index in [1.54, 1.807) is 18.6 Å². The minimum absolute atomic E-state index is 0.165. The Bertz CT molecular complexity index is 824. The molecule has 1 aromatic rings. The van der Waals surface area contributed by atoms with E-state index in [0.717, 1.165) is 42.8 Å². The Labute approximate surface area is 179 Å². The largest absolute Gasteiger partial charge is 0.490 e. The number of hydrogen-bond donors (Lipinski definition) is 1. The Hall–Kier alpha value is -2.76. The van der Waals surface area contributed by atoms with Gasteiger partial charge in [0.2, 0.25) is 0 Å². The van der Waals surface area contributed by atoms with Gasteiger partial charge in [0.1, 0.15) is 11.4 Å². The monoisotopic (exact) mass is 411 g/mol. The van der Waals surface area contributed by atoms with Gasteiger partial charge in [-0.3, -0.25) is 4.99 Å². The van der Waals surface area contributed by atoms with Crippen LogP contribution in [-0.4, -0.2) is 42.0 Å². The molecule has 0 spiro atoms. The lowest BCUT2D eigenvalue weighted by atomic mass is 10.0. The first-order valence-corrected chi connectivity index (χ1v) is 10.6. The molecule has 1 saturated carbocycles. The molecule has 1 heterocycles. The fourth-order valence-corrected chi connectivity index (χ4v) is 4.18. The minimum atomic E-state index is -0.459. The first-order valence-electron chi connectivity index (χ1n) is 10.6. The molecule has 2 atom stereocenters. The zero-order chi connectivity index (χ0) is 21.7. The molecule has 162 valence electrons. The highest BCUT2D eigenvalue weighted by molar-refractivity contribution is 6.09. The van der Waals surface area contributed by atoms with Crippen LogP contribution in [0.4, 0.5) is 4.79 Å². The maximum absolute atomic E-state index is 12.3. The summed E-state index contributed by atoms with van der Waals surface area (Å²) in [4.78, 5) is 18.4. The molecule has 0 radical (unpaired) electrons. The second kappa shape index (κ2) is 9.37. The van der Waals surface area contributed by atoms with E-state index >= 15 is 0 Å². The summed E-state index contributed by atoms with van der Waals surface area (Å²) >= 11 is 0. The Morgan fingerprint density at radius 3 is 2.53 bits per heavy atom. The molecule has 6 heteroatoms. The molecule has 2 N–H and O–H groups in total. The van der Waals surface area contributed by atoms with E-state index in [4.69, 9.17) is 15.2 Å². The highest BCUT2D eigenvalue weighted by atomic mass is 16.6. The van der Waals surface area contributed by atoms with Crippen molar-refractivity contribution in [1.29, 1.82) is 0 Å². The summed E-state index contributed by atoms with van der Waals surface area (Å²) in [5.74, 6) is 1.77. The summed E-state index contributed by atoms with van der Waals surface area (Å²) in [7, 11) is 0. The van der Waals surface area contributed by atoms with Gasteiger partial charge in [0, 0.05) is 37.3 Å². The number of nitrogens with zero attached hydrogens (tertiary/aromatic N) is 2. The van der Waals surface area contributed by atoms with E-state index in [2.05, 4.69) is 4.99 Å². The van der Waals surface area contributed by atoms with E-state index in [1.165, 1.54) is 0 Å². The van der Waals surface area contributed by atoms with Gasteiger partial charge in [0.25, 0.3) is 0 Å². The molecule has 3 rings (SSSR count). The van der Waals surface area contributed by atoms with Crippen LogP contribution in [0.5, 0.6) is 5.75 Å². The topological polar surface area (TPSA) is 77.2 Å². The van der Waals surface area contributed by atoms with Crippen LogP contribution in [0, 0.1) is 11.8 Å². The van der Waals surface area contributed by atoms with E-state index in [9.17, 15) is 4.79 Å². The molecule has 1 aromatic carbocycles. The van der Waals surface area contributed by atoms with Crippen LogP contribution in [-0.2, 0) is 4.74 Å². The molecule has 1 saturated heterocycles. The molecular weight excluding hydrogens is 378 g/mol. The van der Waals surface area contributed by atoms with Crippen LogP contribution in [0.25, 0.3) is 5.57 Å². The predicted octanol–water partition coefficient (Wildman–Crippen LogP) is 4.61. The second-order valence-corrected chi connectivity index (χ2v) is 9.03. The summed E-state index contributed by atoms with van der Waals surface area (Å²) < 4.78 is 11.8. The maximum atomic E-state index is 12.3. The summed E-state index contributed by atoms with van der Waals surface area (Å²) in [6.07, 6.45) is 8.75. The number of nitrogens with two attached hydrogens (primary N) is 1. The summed E-state index contributed by atoms with van der Waals surface area (Å²) in [5.41, 5.74) is 7.13. The van der Waals surface area contributed by atoms with Crippen molar-refractivity contribution in [2.45, 2.75) is 52.2 Å². The Balaban J connectivity index is 1.57. The Kier molecular flexibility index (Phi) is 6.85. The average molecular weight is 412 g/mol. The van der Waals surface area contributed by atoms with Crippen LogP contribution in [0.2, 0.25) is 0 Å². The number of amides is 1. The Morgan fingerprint density at radius 2 is 1.93 bits per heavy atom. The fraction of sp³-hybridized carbons (Fsp3) is 0.500. The number of likely N-dealkylation sites (tertiary alicyclic amines) is 1. The van der Waals surface area contributed by atoms with Gasteiger partial charge in [-0.15, -0.1) is 0 Å². The third-order valence-electron chi connectivity index (χ3n) is 5.46. The summed E-state index contributed by atoms with van der Waals surface area (Å²) in [6, 6.07) is 7.94. The number of allylic oxidation sites excluding steroid dienone is 2. The predicted molar refractivity (Wildman–Crippen MR) is 120 cm³/mol. The molecule has 2 aliphatic rings. The smallest absolute Gasteiger partial charge is 0.410 e. The van der Waals surface area contributed by atoms with Crippen molar-refractivity contribution in [1.82, 2.24) is 4.90 Å². The third kappa shape index (κ3) is 5.65. The summed E-state index contributed by atoms with van der Waals surface area (Å²) in [6.45, 7) is 9.12. The van der Waals surface area contributed by atoms with Gasteiger partial charge in [0.05, 0.1) is 6.10 Å². The first-order chi connectivity index (χ1) is 14.3. The number of fused-ring (bicyclic) bond motifs is 1. The van der Waals surface area contributed by atoms with Gasteiger partial charge in [-0.1, -0.05) is 18.2 Å². The van der Waals surface area contributed by atoms with Crippen LogP contribution in [0.1, 0.15) is 46.1 Å². The van der Waals surface area contributed by atoms with Crippen LogP contribution in [0.3, 0.4) is 0 Å². The van der Waals surface area contributed by atoms with Crippen LogP contribution >= 0.6 is 0 Å². The number of hydrogen-bond acceptors (Lipinski definition) is 5. The zero-order valence-electron chi connectivity index (χ0n) is 18.4. The van der Waals surface area contributed by atoms with Gasteiger partial charge in [-0.25, -0.2) is 4.79 Å². The molecule has 1 amide bonds. The van der Waals surface area contributed by atoms with Crippen molar-refractivity contribution in [2.24, 2.45) is 22.6 Å². The molecule has 2 fully saturated rings. The number of rotatable bonds is 5. The third-order valence-corrected chi connectivity index (χ3v) is 5.46. The number of aliphatic imine (C=N–C) groups is 1. The lowest BCUT2D eigenvalue weighted by Crippen LogP contribution is -2.36. The minimum Gasteiger partial charge on any atom is -0.490 e. The van der Waals surface area contributed by atoms with Gasteiger partial charge in [0.15, 0.2) is 0 Å². The lowest BCUT2D eigenvalue weighted by Gasteiger charge is -2.25. The number of ether oxygens (including phenoxy) is 2. The van der Waals surface area contributed by atoms with Crippen molar-refractivity contribution in [2.75, 3.05) is 13.1 Å². The highest BCUT2D eigenvalue weighted by Gasteiger charge is 2.44. The number of carbonyl (C=O) groups excluding carboxylic acids is 1. The van der Waals surface area contributed by atoms with Gasteiger partial charge in [-0.2, -0.15) is 0 Å². The standard InChI is InChI=1S/C24H33N3O3/c1-5-9-26-14-20(13-25)17-7-6-8-21(10-17)29-22-11-18-15-27(16-19(18)12-22)23(28)30-24(2,3)4/h5-10,13-14,18-19,22H,11-12,15-16,25H2,1-4H3/b9-5+,20-13+,26-14-. The van der Waals surface area contributed by atoms with Gasteiger partial charge < -0.3 is 20.1 Å². The lowest BCUT2D eigenvalue weighted by molar-refractivity contribution is 0.0272. The van der Waals surface area contributed by atoms with Crippen molar-refractivity contribution in [3.8, 4) is 5.75 Å². The molecule has 0 bridgehead atoms. The quantitative estimate of drug-likeness (QED) is 0.718. The van der Waals surface area contributed by atoms with Crippen molar-refractivity contribution in [3.05, 3.63) is 48.3 Å². The maximum Gasteiger partial charge on any atom is 0.410 e.